The third-order valence-corrected chi connectivity index (χ3v) is 3.63. The summed E-state index contributed by atoms with van der Waals surface area (Å²) in [5, 5.41) is 0. The molecule has 3 heteroatoms. The maximum absolute atomic E-state index is 11.7. The number of allylic oxidation sites excluding steroid dienone is 1. The Morgan fingerprint density at radius 3 is 2.88 bits per heavy atom. The van der Waals surface area contributed by atoms with E-state index in [9.17, 15) is 9.59 Å². The molecule has 1 atom stereocenters. The maximum Gasteiger partial charge on any atom is 0.182 e. The Balaban J connectivity index is 2.44. The van der Waals surface area contributed by atoms with Crippen LogP contribution in [0, 0.1) is 0 Å². The van der Waals surface area contributed by atoms with Gasteiger partial charge in [0.15, 0.2) is 11.3 Å². The lowest BCUT2D eigenvalue weighted by molar-refractivity contribution is 0.0993. The Hall–Kier alpha value is -1.27. The molecule has 2 nitrogen and oxygen atoms in total. The number of Topliss-reactive ketones (excluding diaryl/α,β-unsaturated/α-hetero) is 1. The van der Waals surface area contributed by atoms with Crippen LogP contribution in [-0.4, -0.2) is 17.5 Å². The molecule has 0 saturated carbocycles. The van der Waals surface area contributed by atoms with Crippen molar-refractivity contribution in [3.63, 3.8) is 0 Å². The first-order chi connectivity index (χ1) is 7.72. The lowest BCUT2D eigenvalue weighted by atomic mass is 10.0. The lowest BCUT2D eigenvalue weighted by Gasteiger charge is -2.13. The molecule has 1 aliphatic rings. The van der Waals surface area contributed by atoms with Gasteiger partial charge in [-0.25, -0.2) is 0 Å². The Kier molecular flexibility index (Phi) is 3.31. The Labute approximate surface area is 96.5 Å². The third kappa shape index (κ3) is 2.12. The van der Waals surface area contributed by atoms with Crippen molar-refractivity contribution in [1.29, 1.82) is 0 Å². The fraction of sp³-hybridized carbons (Fsp3) is 0.231. The van der Waals surface area contributed by atoms with Gasteiger partial charge in [-0.2, -0.15) is 0 Å². The molecule has 0 radical (unpaired) electrons. The molecule has 1 aliphatic heterocycles. The van der Waals surface area contributed by atoms with Crippen molar-refractivity contribution < 1.29 is 9.59 Å². The minimum atomic E-state index is 0.0963. The maximum atomic E-state index is 11.7. The van der Waals surface area contributed by atoms with Crippen LogP contribution in [0.1, 0.15) is 39.6 Å². The second-order valence-electron chi connectivity index (χ2n) is 3.72. The molecule has 0 saturated heterocycles. The molecule has 0 bridgehead atoms. The highest BCUT2D eigenvalue weighted by Gasteiger charge is 2.23. The van der Waals surface area contributed by atoms with Gasteiger partial charge < -0.3 is 0 Å². The van der Waals surface area contributed by atoms with E-state index in [1.54, 1.807) is 6.07 Å². The van der Waals surface area contributed by atoms with Gasteiger partial charge in [-0.3, -0.25) is 9.59 Å². The van der Waals surface area contributed by atoms with Crippen LogP contribution in [0.5, 0.6) is 0 Å². The average molecular weight is 232 g/mol. The normalized spacial score (nSPS) is 17.1. The fourth-order valence-electron chi connectivity index (χ4n) is 1.70. The number of benzene rings is 1. The van der Waals surface area contributed by atoms with Crippen LogP contribution >= 0.6 is 8.58 Å². The van der Waals surface area contributed by atoms with Crippen molar-refractivity contribution in [3.05, 3.63) is 41.0 Å². The first-order valence-electron chi connectivity index (χ1n) is 5.34. The van der Waals surface area contributed by atoms with E-state index in [2.05, 4.69) is 6.92 Å². The number of carbonyl (C=O) groups is 2. The molecule has 0 spiro atoms. The molecule has 0 fully saturated rings. The van der Waals surface area contributed by atoms with Crippen LogP contribution in [-0.2, 0) is 0 Å². The summed E-state index contributed by atoms with van der Waals surface area (Å²) >= 11 is 0. The van der Waals surface area contributed by atoms with Gasteiger partial charge in [0.25, 0.3) is 0 Å². The summed E-state index contributed by atoms with van der Waals surface area (Å²) in [6.07, 6.45) is 5.37. The molecule has 1 aromatic carbocycles. The van der Waals surface area contributed by atoms with E-state index in [1.807, 2.05) is 24.3 Å². The zero-order valence-corrected chi connectivity index (χ0v) is 10.1. The van der Waals surface area contributed by atoms with Crippen LogP contribution in [0.2, 0.25) is 0 Å². The van der Waals surface area contributed by atoms with Gasteiger partial charge in [0, 0.05) is 17.3 Å². The van der Waals surface area contributed by atoms with Crippen molar-refractivity contribution >= 4 is 26.0 Å². The zero-order chi connectivity index (χ0) is 11.5. The topological polar surface area (TPSA) is 34.1 Å². The zero-order valence-electron chi connectivity index (χ0n) is 9.12. The highest BCUT2D eigenvalue weighted by molar-refractivity contribution is 7.60. The fourth-order valence-corrected chi connectivity index (χ4v) is 2.61. The molecule has 1 aromatic rings. The average Bonchev–Trinajstić information content (AvgIpc) is 2.31. The van der Waals surface area contributed by atoms with Crippen LogP contribution in [0.4, 0.5) is 0 Å². The SMILES string of the molecule is CCC=Cc1ccc2c(c1)C(=O)PCC2=O. The van der Waals surface area contributed by atoms with E-state index in [0.29, 0.717) is 17.3 Å². The Bertz CT molecular complexity index is 475. The molecule has 16 heavy (non-hydrogen) atoms. The van der Waals surface area contributed by atoms with Crippen molar-refractivity contribution in [2.75, 3.05) is 6.16 Å². The summed E-state index contributed by atoms with van der Waals surface area (Å²) < 4.78 is 0. The predicted molar refractivity (Wildman–Crippen MR) is 67.6 cm³/mol. The molecule has 0 aromatic heterocycles. The third-order valence-electron chi connectivity index (χ3n) is 2.54. The molecule has 0 N–H and O–H groups in total. The van der Waals surface area contributed by atoms with Crippen LogP contribution in [0.3, 0.4) is 0 Å². The molecule has 1 unspecified atom stereocenters. The lowest BCUT2D eigenvalue weighted by Crippen LogP contribution is -2.15. The smallest absolute Gasteiger partial charge is 0.182 e. The first kappa shape index (κ1) is 11.2. The summed E-state index contributed by atoms with van der Waals surface area (Å²) in [6.45, 7) is 2.06. The van der Waals surface area contributed by atoms with Crippen molar-refractivity contribution in [2.24, 2.45) is 0 Å². The van der Waals surface area contributed by atoms with Crippen LogP contribution in [0.15, 0.2) is 24.3 Å². The van der Waals surface area contributed by atoms with Crippen molar-refractivity contribution in [2.45, 2.75) is 13.3 Å². The molecule has 0 aliphatic carbocycles. The highest BCUT2D eigenvalue weighted by atomic mass is 31.1. The van der Waals surface area contributed by atoms with Gasteiger partial charge in [-0.1, -0.05) is 31.2 Å². The second kappa shape index (κ2) is 4.71. The van der Waals surface area contributed by atoms with E-state index in [-0.39, 0.29) is 19.9 Å². The van der Waals surface area contributed by atoms with E-state index >= 15 is 0 Å². The number of fused-ring (bicyclic) bond motifs is 1. The van der Waals surface area contributed by atoms with Gasteiger partial charge in [0.1, 0.15) is 0 Å². The second-order valence-corrected chi connectivity index (χ2v) is 4.88. The van der Waals surface area contributed by atoms with Gasteiger partial charge in [-0.15, -0.1) is 0 Å². The van der Waals surface area contributed by atoms with E-state index < -0.39 is 0 Å². The van der Waals surface area contributed by atoms with Gasteiger partial charge in [0.2, 0.25) is 0 Å². The summed E-state index contributed by atoms with van der Waals surface area (Å²) in [5.41, 5.74) is 2.31. The summed E-state index contributed by atoms with van der Waals surface area (Å²) in [4.78, 5) is 23.3. The number of hydrogen-bond acceptors (Lipinski definition) is 2. The van der Waals surface area contributed by atoms with E-state index in [4.69, 9.17) is 0 Å². The van der Waals surface area contributed by atoms with Gasteiger partial charge >= 0.3 is 0 Å². The molecule has 82 valence electrons. The summed E-state index contributed by atoms with van der Waals surface area (Å²) in [7, 11) is 0.109. The number of carbonyl (C=O) groups excluding carboxylic acids is 2. The van der Waals surface area contributed by atoms with Crippen molar-refractivity contribution in [1.82, 2.24) is 0 Å². The Morgan fingerprint density at radius 2 is 2.12 bits per heavy atom. The predicted octanol–water partition coefficient (Wildman–Crippen LogP) is 3.12. The standard InChI is InChI=1S/C13H13O2P/c1-2-3-4-9-5-6-10-11(7-9)13(15)16-8-12(10)14/h3-7,16H,2,8H2,1H3. The van der Waals surface area contributed by atoms with Gasteiger partial charge in [0.05, 0.1) is 0 Å². The Morgan fingerprint density at radius 1 is 1.31 bits per heavy atom. The monoisotopic (exact) mass is 232 g/mol. The van der Waals surface area contributed by atoms with E-state index in [1.165, 1.54) is 0 Å². The molecule has 2 rings (SSSR count). The van der Waals surface area contributed by atoms with Crippen LogP contribution in [0.25, 0.3) is 6.08 Å². The number of hydrogen-bond donors (Lipinski definition) is 0. The first-order valence-corrected chi connectivity index (χ1v) is 6.55. The minimum Gasteiger partial charge on any atom is -0.294 e. The molecular formula is C13H13O2P. The van der Waals surface area contributed by atoms with Crippen LogP contribution < -0.4 is 0 Å². The minimum absolute atomic E-state index is 0.0963. The van der Waals surface area contributed by atoms with Gasteiger partial charge in [-0.05, 0) is 26.6 Å². The largest absolute Gasteiger partial charge is 0.294 e. The summed E-state index contributed by atoms with van der Waals surface area (Å²) in [6, 6.07) is 5.49. The molecule has 0 amide bonds. The van der Waals surface area contributed by atoms with E-state index in [0.717, 1.165) is 12.0 Å². The van der Waals surface area contributed by atoms with Crippen molar-refractivity contribution in [3.8, 4) is 0 Å². The molecular weight excluding hydrogens is 219 g/mol. The summed E-state index contributed by atoms with van der Waals surface area (Å²) in [5.74, 6) is 0.0963. The quantitative estimate of drug-likeness (QED) is 0.734. The highest BCUT2D eigenvalue weighted by Crippen LogP contribution is 2.29. The molecule has 1 heterocycles. The number of ketones is 1. The number of rotatable bonds is 2.